The van der Waals surface area contributed by atoms with Crippen LogP contribution in [-0.2, 0) is 11.3 Å². The molecule has 3 rings (SSSR count). The van der Waals surface area contributed by atoms with Crippen LogP contribution in [0, 0.1) is 10.8 Å². The van der Waals surface area contributed by atoms with Crippen LogP contribution in [0.25, 0.3) is 11.0 Å². The molecular weight excluding hydrogens is 274 g/mol. The molecule has 2 aromatic heterocycles. The highest BCUT2D eigenvalue weighted by atomic mass is 16.5. The van der Waals surface area contributed by atoms with Gasteiger partial charge in [-0.2, -0.15) is 4.91 Å². The van der Waals surface area contributed by atoms with Crippen LogP contribution in [0.3, 0.4) is 0 Å². The molecule has 1 saturated heterocycles. The van der Waals surface area contributed by atoms with E-state index in [2.05, 4.69) is 15.1 Å². The van der Waals surface area contributed by atoms with Gasteiger partial charge in [-0.3, -0.25) is 0 Å². The number of aliphatic hydroxyl groups is 1. The fourth-order valence-corrected chi connectivity index (χ4v) is 2.95. The number of hydrogen-bond donors (Lipinski definition) is 2. The summed E-state index contributed by atoms with van der Waals surface area (Å²) in [7, 11) is 0. The van der Waals surface area contributed by atoms with Crippen LogP contribution in [0.4, 0.5) is 5.82 Å². The number of nitroso groups, excluding NO2 is 1. The third-order valence-corrected chi connectivity index (χ3v) is 3.88. The van der Waals surface area contributed by atoms with E-state index in [4.69, 9.17) is 10.5 Å². The molecule has 2 aromatic rings. The molecule has 8 heteroatoms. The lowest BCUT2D eigenvalue weighted by atomic mass is 10.1. The number of nitrogens with two attached hydrogens (primary N) is 1. The van der Waals surface area contributed by atoms with Gasteiger partial charge in [-0.25, -0.2) is 9.97 Å². The van der Waals surface area contributed by atoms with Gasteiger partial charge in [0.2, 0.25) is 0 Å². The zero-order valence-corrected chi connectivity index (χ0v) is 11.6. The standard InChI is InChI=1S/C13H17N5O3/c1-7-2-9(5-19)21-13(7)18-4-8(3-17-20)10-11(14)15-6-16-12(10)18/h4,6-7,9,13,19H,2-3,5H2,1H3,(H2,14,15,16). The lowest BCUT2D eigenvalue weighted by Crippen LogP contribution is -2.15. The van der Waals surface area contributed by atoms with Gasteiger partial charge in [0.05, 0.1) is 18.1 Å². The number of fused-ring (bicyclic) bond motifs is 1. The second-order valence-corrected chi connectivity index (χ2v) is 5.35. The van der Waals surface area contributed by atoms with Crippen molar-refractivity contribution in [1.82, 2.24) is 14.5 Å². The molecule has 3 atom stereocenters. The summed E-state index contributed by atoms with van der Waals surface area (Å²) in [6.07, 6.45) is 3.50. The first-order valence-electron chi connectivity index (χ1n) is 6.81. The van der Waals surface area contributed by atoms with Crippen molar-refractivity contribution in [3.63, 3.8) is 0 Å². The topological polar surface area (TPSA) is 116 Å². The van der Waals surface area contributed by atoms with Crippen molar-refractivity contribution in [2.45, 2.75) is 32.2 Å². The molecule has 0 bridgehead atoms. The Morgan fingerprint density at radius 3 is 3.05 bits per heavy atom. The second kappa shape index (κ2) is 5.38. The minimum absolute atomic E-state index is 0.00556. The summed E-state index contributed by atoms with van der Waals surface area (Å²) < 4.78 is 7.71. The predicted molar refractivity (Wildman–Crippen MR) is 76.2 cm³/mol. The van der Waals surface area contributed by atoms with Gasteiger partial charge < -0.3 is 20.1 Å². The van der Waals surface area contributed by atoms with Crippen LogP contribution < -0.4 is 5.73 Å². The average molecular weight is 291 g/mol. The molecule has 3 N–H and O–H groups in total. The summed E-state index contributed by atoms with van der Waals surface area (Å²) in [5.41, 5.74) is 7.20. The molecule has 1 aliphatic heterocycles. The van der Waals surface area contributed by atoms with E-state index in [-0.39, 0.29) is 31.4 Å². The minimum Gasteiger partial charge on any atom is -0.394 e. The third-order valence-electron chi connectivity index (χ3n) is 3.88. The van der Waals surface area contributed by atoms with Gasteiger partial charge in [0.1, 0.15) is 30.6 Å². The van der Waals surface area contributed by atoms with Gasteiger partial charge in [0.15, 0.2) is 0 Å². The molecule has 0 radical (unpaired) electrons. The van der Waals surface area contributed by atoms with E-state index in [0.29, 0.717) is 22.4 Å². The number of rotatable bonds is 4. The molecule has 112 valence electrons. The maximum absolute atomic E-state index is 10.6. The third kappa shape index (κ3) is 2.26. The van der Waals surface area contributed by atoms with Crippen molar-refractivity contribution in [2.75, 3.05) is 12.3 Å². The van der Waals surface area contributed by atoms with Crippen LogP contribution >= 0.6 is 0 Å². The molecule has 1 aliphatic rings. The average Bonchev–Trinajstić information content (AvgIpc) is 3.01. The number of aliphatic hydroxyl groups excluding tert-OH is 1. The van der Waals surface area contributed by atoms with Crippen molar-refractivity contribution < 1.29 is 9.84 Å². The predicted octanol–water partition coefficient (Wildman–Crippen LogP) is 1.20. The molecule has 21 heavy (non-hydrogen) atoms. The monoisotopic (exact) mass is 291 g/mol. The number of hydrogen-bond acceptors (Lipinski definition) is 7. The highest BCUT2D eigenvalue weighted by Gasteiger charge is 2.34. The van der Waals surface area contributed by atoms with Crippen LogP contribution in [-0.4, -0.2) is 32.4 Å². The molecule has 8 nitrogen and oxygen atoms in total. The lowest BCUT2D eigenvalue weighted by molar-refractivity contribution is -0.0292. The highest BCUT2D eigenvalue weighted by Crippen LogP contribution is 2.37. The van der Waals surface area contributed by atoms with Gasteiger partial charge in [0, 0.05) is 17.7 Å². The fourth-order valence-electron chi connectivity index (χ4n) is 2.95. The normalized spacial score (nSPS) is 25.5. The van der Waals surface area contributed by atoms with E-state index in [0.717, 1.165) is 6.42 Å². The lowest BCUT2D eigenvalue weighted by Gasteiger charge is -2.18. The molecule has 1 fully saturated rings. The van der Waals surface area contributed by atoms with Crippen LogP contribution in [0.15, 0.2) is 17.7 Å². The molecule has 0 spiro atoms. The van der Waals surface area contributed by atoms with Gasteiger partial charge in [-0.15, -0.1) is 0 Å². The van der Waals surface area contributed by atoms with Gasteiger partial charge in [0.25, 0.3) is 0 Å². The van der Waals surface area contributed by atoms with E-state index in [9.17, 15) is 10.0 Å². The van der Waals surface area contributed by atoms with Crippen LogP contribution in [0.1, 0.15) is 25.1 Å². The van der Waals surface area contributed by atoms with Crippen LogP contribution in [0.5, 0.6) is 0 Å². The van der Waals surface area contributed by atoms with Crippen molar-refractivity contribution >= 4 is 16.9 Å². The van der Waals surface area contributed by atoms with Crippen molar-refractivity contribution in [3.8, 4) is 0 Å². The minimum atomic E-state index is -0.251. The summed E-state index contributed by atoms with van der Waals surface area (Å²) in [5, 5.41) is 12.8. The zero-order valence-electron chi connectivity index (χ0n) is 11.6. The Kier molecular flexibility index (Phi) is 3.56. The van der Waals surface area contributed by atoms with E-state index in [1.807, 2.05) is 11.5 Å². The Bertz CT molecular complexity index is 671. The molecule has 0 aliphatic carbocycles. The summed E-state index contributed by atoms with van der Waals surface area (Å²) in [6, 6.07) is 0. The Morgan fingerprint density at radius 1 is 1.57 bits per heavy atom. The summed E-state index contributed by atoms with van der Waals surface area (Å²) in [6.45, 7) is 2.04. The number of nitrogen functional groups attached to an aromatic ring is 1. The number of nitrogens with zero attached hydrogens (tertiary/aromatic N) is 4. The molecule has 0 aromatic carbocycles. The molecule has 0 saturated carbocycles. The summed E-state index contributed by atoms with van der Waals surface area (Å²) in [5.74, 6) is 0.535. The van der Waals surface area contributed by atoms with Crippen molar-refractivity contribution in [3.05, 3.63) is 23.0 Å². The first-order valence-corrected chi connectivity index (χ1v) is 6.81. The smallest absolute Gasteiger partial charge is 0.147 e. The van der Waals surface area contributed by atoms with E-state index < -0.39 is 0 Å². The fraction of sp³-hybridized carbons (Fsp3) is 0.538. The maximum Gasteiger partial charge on any atom is 0.147 e. The molecule has 3 heterocycles. The Hall–Kier alpha value is -2.06. The van der Waals surface area contributed by atoms with Crippen LogP contribution in [0.2, 0.25) is 0 Å². The first kappa shape index (κ1) is 13.9. The summed E-state index contributed by atoms with van der Waals surface area (Å²) >= 11 is 0. The molecule has 0 amide bonds. The number of anilines is 1. The van der Waals surface area contributed by atoms with E-state index in [1.54, 1.807) is 6.20 Å². The largest absolute Gasteiger partial charge is 0.394 e. The first-order chi connectivity index (χ1) is 10.2. The highest BCUT2D eigenvalue weighted by molar-refractivity contribution is 5.89. The van der Waals surface area contributed by atoms with Crippen molar-refractivity contribution in [1.29, 1.82) is 0 Å². The number of ether oxygens (including phenoxy) is 1. The van der Waals surface area contributed by atoms with Gasteiger partial charge >= 0.3 is 0 Å². The SMILES string of the molecule is CC1CC(CO)OC1n1cc(CN=O)c2c(N)ncnc21. The maximum atomic E-state index is 10.6. The van der Waals surface area contributed by atoms with Gasteiger partial charge in [-0.05, 0) is 6.42 Å². The second-order valence-electron chi connectivity index (χ2n) is 5.35. The molecular formula is C13H17N5O3. The Labute approximate surface area is 120 Å². The van der Waals surface area contributed by atoms with Gasteiger partial charge in [-0.1, -0.05) is 12.1 Å². The van der Waals surface area contributed by atoms with Crippen molar-refractivity contribution in [2.24, 2.45) is 11.1 Å². The van der Waals surface area contributed by atoms with E-state index >= 15 is 0 Å². The van der Waals surface area contributed by atoms with E-state index in [1.165, 1.54) is 6.33 Å². The Morgan fingerprint density at radius 2 is 2.38 bits per heavy atom. The summed E-state index contributed by atoms with van der Waals surface area (Å²) in [4.78, 5) is 18.8. The zero-order chi connectivity index (χ0) is 15.0. The Balaban J connectivity index is 2.11. The number of aromatic nitrogens is 3. The molecule has 3 unspecified atom stereocenters. The quantitative estimate of drug-likeness (QED) is 0.817.